The summed E-state index contributed by atoms with van der Waals surface area (Å²) in [6.07, 6.45) is 0. The summed E-state index contributed by atoms with van der Waals surface area (Å²) in [5, 5.41) is 5.38. The van der Waals surface area contributed by atoms with Gasteiger partial charge in [0.25, 0.3) is 5.91 Å². The van der Waals surface area contributed by atoms with E-state index in [2.05, 4.69) is 35.6 Å². The summed E-state index contributed by atoms with van der Waals surface area (Å²) in [4.78, 5) is 23.0. The summed E-state index contributed by atoms with van der Waals surface area (Å²) >= 11 is 1.67. The average Bonchev–Trinajstić information content (AvgIpc) is 3.08. The predicted octanol–water partition coefficient (Wildman–Crippen LogP) is 2.56. The van der Waals surface area contributed by atoms with Crippen LogP contribution in [0.1, 0.15) is 15.9 Å². The third-order valence-electron chi connectivity index (χ3n) is 4.50. The van der Waals surface area contributed by atoms with Gasteiger partial charge in [-0.2, -0.15) is 0 Å². The van der Waals surface area contributed by atoms with Crippen molar-refractivity contribution in [2.45, 2.75) is 6.92 Å². The Morgan fingerprint density at radius 2 is 2.08 bits per heavy atom. The third-order valence-corrected chi connectivity index (χ3v) is 5.57. The van der Waals surface area contributed by atoms with E-state index in [4.69, 9.17) is 9.72 Å². The fraction of sp³-hybridized carbons (Fsp3) is 0.474. The van der Waals surface area contributed by atoms with Crippen LogP contribution in [0.25, 0.3) is 10.6 Å². The lowest BCUT2D eigenvalue weighted by atomic mass is 10.1. The Hall–Kier alpha value is -1.96. The van der Waals surface area contributed by atoms with Gasteiger partial charge in [-0.3, -0.25) is 4.79 Å². The number of anilines is 1. The van der Waals surface area contributed by atoms with Gasteiger partial charge in [-0.15, -0.1) is 11.3 Å². The summed E-state index contributed by atoms with van der Waals surface area (Å²) in [7, 11) is 3.75. The highest BCUT2D eigenvalue weighted by Crippen LogP contribution is 2.28. The number of thiophene rings is 1. The first-order valence-corrected chi connectivity index (χ1v) is 9.73. The van der Waals surface area contributed by atoms with Crippen LogP contribution in [-0.4, -0.2) is 74.2 Å². The number of methoxy groups -OCH3 is 1. The number of amides is 1. The molecule has 1 saturated heterocycles. The number of aromatic nitrogens is 1. The lowest BCUT2D eigenvalue weighted by Crippen LogP contribution is -2.47. The van der Waals surface area contributed by atoms with Crippen LogP contribution >= 0.6 is 11.3 Å². The molecule has 0 radical (unpaired) electrons. The van der Waals surface area contributed by atoms with Crippen LogP contribution in [0.15, 0.2) is 23.6 Å². The minimum Gasteiger partial charge on any atom is -0.383 e. The van der Waals surface area contributed by atoms with E-state index in [1.165, 1.54) is 5.56 Å². The standard InChI is InChI=1S/C19H26N4O2S/c1-14-12-17(26-13-14)16-5-4-15(18(21-16)20-6-11-25-3)19(24)23-9-7-22(2)8-10-23/h4-5,12-13H,6-11H2,1-3H3,(H,20,21). The van der Waals surface area contributed by atoms with Gasteiger partial charge < -0.3 is 19.9 Å². The number of likely N-dealkylation sites (N-methyl/N-ethyl adjacent to an activating group) is 1. The van der Waals surface area contributed by atoms with Gasteiger partial charge >= 0.3 is 0 Å². The van der Waals surface area contributed by atoms with Gasteiger partial charge in [-0.05, 0) is 43.1 Å². The monoisotopic (exact) mass is 374 g/mol. The summed E-state index contributed by atoms with van der Waals surface area (Å²) in [6, 6.07) is 5.96. The summed E-state index contributed by atoms with van der Waals surface area (Å²) in [6.45, 7) is 6.54. The van der Waals surface area contributed by atoms with Crippen molar-refractivity contribution in [3.63, 3.8) is 0 Å². The number of rotatable bonds is 6. The van der Waals surface area contributed by atoms with Crippen molar-refractivity contribution in [2.24, 2.45) is 0 Å². The molecule has 1 aliphatic heterocycles. The van der Waals surface area contributed by atoms with Crippen LogP contribution in [-0.2, 0) is 4.74 Å². The second-order valence-electron chi connectivity index (χ2n) is 6.60. The molecule has 0 saturated carbocycles. The third kappa shape index (κ3) is 4.41. The van der Waals surface area contributed by atoms with E-state index in [0.29, 0.717) is 24.5 Å². The molecule has 0 spiro atoms. The van der Waals surface area contributed by atoms with Gasteiger partial charge in [0.2, 0.25) is 0 Å². The van der Waals surface area contributed by atoms with Crippen LogP contribution in [0, 0.1) is 6.92 Å². The van der Waals surface area contributed by atoms with Gasteiger partial charge in [0.1, 0.15) is 5.82 Å². The minimum absolute atomic E-state index is 0.0411. The van der Waals surface area contributed by atoms with Gasteiger partial charge in [-0.25, -0.2) is 4.98 Å². The number of hydrogen-bond donors (Lipinski definition) is 1. The molecule has 0 bridgehead atoms. The first kappa shape index (κ1) is 18.8. The Kier molecular flexibility index (Phi) is 6.24. The zero-order chi connectivity index (χ0) is 18.5. The van der Waals surface area contributed by atoms with Crippen LogP contribution < -0.4 is 5.32 Å². The summed E-state index contributed by atoms with van der Waals surface area (Å²) in [5.74, 6) is 0.675. The van der Waals surface area contributed by atoms with Gasteiger partial charge in [0.05, 0.1) is 22.7 Å². The fourth-order valence-corrected chi connectivity index (χ4v) is 3.79. The number of pyridine rings is 1. The molecule has 1 N–H and O–H groups in total. The van der Waals surface area contributed by atoms with E-state index in [-0.39, 0.29) is 5.91 Å². The molecule has 140 valence electrons. The normalized spacial score (nSPS) is 15.3. The molecule has 2 aromatic rings. The average molecular weight is 375 g/mol. The molecule has 1 amide bonds. The van der Waals surface area contributed by atoms with Gasteiger partial charge in [0, 0.05) is 39.8 Å². The molecule has 7 heteroatoms. The highest BCUT2D eigenvalue weighted by atomic mass is 32.1. The molecule has 1 aliphatic rings. The Labute approximate surface area is 158 Å². The summed E-state index contributed by atoms with van der Waals surface area (Å²) in [5.41, 5.74) is 2.74. The second kappa shape index (κ2) is 8.62. The van der Waals surface area contributed by atoms with E-state index < -0.39 is 0 Å². The zero-order valence-electron chi connectivity index (χ0n) is 15.6. The van der Waals surface area contributed by atoms with Crippen molar-refractivity contribution in [1.82, 2.24) is 14.8 Å². The van der Waals surface area contributed by atoms with E-state index >= 15 is 0 Å². The molecular weight excluding hydrogens is 348 g/mol. The van der Waals surface area contributed by atoms with Gasteiger partial charge in [-0.1, -0.05) is 0 Å². The molecular formula is C19H26N4O2S. The van der Waals surface area contributed by atoms with Crippen LogP contribution in [0.5, 0.6) is 0 Å². The quantitative estimate of drug-likeness (QED) is 0.788. The van der Waals surface area contributed by atoms with Crippen molar-refractivity contribution >= 4 is 23.1 Å². The Balaban J connectivity index is 1.86. The van der Waals surface area contributed by atoms with Crippen LogP contribution in [0.4, 0.5) is 5.82 Å². The second-order valence-corrected chi connectivity index (χ2v) is 7.51. The SMILES string of the molecule is COCCNc1nc(-c2cc(C)cs2)ccc1C(=O)N1CCN(C)CC1. The largest absolute Gasteiger partial charge is 0.383 e. The van der Waals surface area contributed by atoms with E-state index in [1.54, 1.807) is 18.4 Å². The van der Waals surface area contributed by atoms with Gasteiger partial charge in [0.15, 0.2) is 0 Å². The van der Waals surface area contributed by atoms with Crippen molar-refractivity contribution in [1.29, 1.82) is 0 Å². The maximum absolute atomic E-state index is 13.0. The van der Waals surface area contributed by atoms with Crippen molar-refractivity contribution in [2.75, 3.05) is 58.8 Å². The predicted molar refractivity (Wildman–Crippen MR) is 106 cm³/mol. The number of nitrogens with zero attached hydrogens (tertiary/aromatic N) is 3. The highest BCUT2D eigenvalue weighted by molar-refractivity contribution is 7.13. The highest BCUT2D eigenvalue weighted by Gasteiger charge is 2.23. The molecule has 26 heavy (non-hydrogen) atoms. The number of carbonyl (C=O) groups is 1. The molecule has 0 unspecified atom stereocenters. The molecule has 1 fully saturated rings. The summed E-state index contributed by atoms with van der Waals surface area (Å²) < 4.78 is 5.12. The number of ether oxygens (including phenoxy) is 1. The number of carbonyl (C=O) groups excluding carboxylic acids is 1. The lowest BCUT2D eigenvalue weighted by molar-refractivity contribution is 0.0664. The number of piperazine rings is 1. The van der Waals surface area contributed by atoms with E-state index in [1.807, 2.05) is 17.0 Å². The van der Waals surface area contributed by atoms with Crippen molar-refractivity contribution in [3.8, 4) is 10.6 Å². The lowest BCUT2D eigenvalue weighted by Gasteiger charge is -2.32. The topological polar surface area (TPSA) is 57.7 Å². The van der Waals surface area contributed by atoms with Crippen molar-refractivity contribution < 1.29 is 9.53 Å². The molecule has 3 heterocycles. The first-order valence-electron chi connectivity index (χ1n) is 8.85. The van der Waals surface area contributed by atoms with E-state index in [0.717, 1.165) is 36.8 Å². The molecule has 0 aromatic carbocycles. The number of hydrogen-bond acceptors (Lipinski definition) is 6. The Morgan fingerprint density at radius 3 is 2.73 bits per heavy atom. The molecule has 6 nitrogen and oxygen atoms in total. The first-order chi connectivity index (χ1) is 12.6. The molecule has 0 aliphatic carbocycles. The fourth-order valence-electron chi connectivity index (χ4n) is 2.92. The van der Waals surface area contributed by atoms with E-state index in [9.17, 15) is 4.79 Å². The molecule has 3 rings (SSSR count). The van der Waals surface area contributed by atoms with Crippen LogP contribution in [0.3, 0.4) is 0 Å². The smallest absolute Gasteiger partial charge is 0.257 e. The van der Waals surface area contributed by atoms with Crippen molar-refractivity contribution in [3.05, 3.63) is 34.7 Å². The minimum atomic E-state index is 0.0411. The molecule has 0 atom stereocenters. The maximum atomic E-state index is 13.0. The number of aryl methyl sites for hydroxylation is 1. The Bertz CT molecular complexity index is 754. The Morgan fingerprint density at radius 1 is 1.31 bits per heavy atom. The number of nitrogens with one attached hydrogen (secondary N) is 1. The van der Waals surface area contributed by atoms with Crippen LogP contribution in [0.2, 0.25) is 0 Å². The zero-order valence-corrected chi connectivity index (χ0v) is 16.4. The maximum Gasteiger partial charge on any atom is 0.257 e. The molecule has 2 aromatic heterocycles.